The monoisotopic (exact) mass is 294 g/mol. The minimum atomic E-state index is -4.45. The number of halogens is 3. The Bertz CT molecular complexity index is 409. The van der Waals surface area contributed by atoms with Crippen LogP contribution in [-0.2, 0) is 4.79 Å². The molecule has 0 spiro atoms. The molecule has 1 N–H and O–H groups in total. The summed E-state index contributed by atoms with van der Waals surface area (Å²) in [6.07, 6.45) is -2.57. The summed E-state index contributed by atoms with van der Waals surface area (Å²) in [5, 5.41) is 9.15. The molecule has 1 aliphatic carbocycles. The first-order valence-electron chi connectivity index (χ1n) is 6.48. The van der Waals surface area contributed by atoms with E-state index >= 15 is 0 Å². The van der Waals surface area contributed by atoms with Crippen molar-refractivity contribution in [3.8, 4) is 0 Å². The van der Waals surface area contributed by atoms with Gasteiger partial charge in [-0.2, -0.15) is 13.2 Å². The van der Waals surface area contributed by atoms with Crippen LogP contribution in [0.25, 0.3) is 0 Å². The van der Waals surface area contributed by atoms with Gasteiger partial charge in [-0.3, -0.25) is 4.79 Å². The molecule has 20 heavy (non-hydrogen) atoms. The van der Waals surface area contributed by atoms with Gasteiger partial charge in [0.15, 0.2) is 0 Å². The number of carbonyl (C=O) groups excluding carboxylic acids is 1. The van der Waals surface area contributed by atoms with Crippen LogP contribution in [0, 0.1) is 17.8 Å². The Morgan fingerprint density at radius 1 is 1.30 bits per heavy atom. The van der Waals surface area contributed by atoms with E-state index in [-0.39, 0.29) is 19.0 Å². The van der Waals surface area contributed by atoms with E-state index in [0.29, 0.717) is 10.8 Å². The number of carbonyl (C=O) groups is 2. The van der Waals surface area contributed by atoms with Crippen LogP contribution >= 0.6 is 0 Å². The first-order chi connectivity index (χ1) is 9.19. The van der Waals surface area contributed by atoms with Crippen molar-refractivity contribution in [3.05, 3.63) is 0 Å². The third-order valence-electron chi connectivity index (χ3n) is 3.92. The third-order valence-corrected chi connectivity index (χ3v) is 3.92. The molecule has 2 amide bonds. The van der Waals surface area contributed by atoms with Crippen molar-refractivity contribution in [3.63, 3.8) is 0 Å². The van der Waals surface area contributed by atoms with Gasteiger partial charge in [0.25, 0.3) is 0 Å². The topological polar surface area (TPSA) is 60.9 Å². The number of aliphatic carboxylic acids is 1. The number of carboxylic acid groups (broad SMARTS) is 1. The molecular formula is C12H17F3N2O3. The number of alkyl halides is 3. The van der Waals surface area contributed by atoms with Crippen molar-refractivity contribution in [1.82, 2.24) is 9.80 Å². The lowest BCUT2D eigenvalue weighted by atomic mass is 9.92. The Balaban J connectivity index is 1.99. The molecule has 1 aliphatic heterocycles. The van der Waals surface area contributed by atoms with Crippen LogP contribution in [0.15, 0.2) is 0 Å². The van der Waals surface area contributed by atoms with E-state index in [0.717, 1.165) is 19.9 Å². The van der Waals surface area contributed by atoms with Crippen molar-refractivity contribution in [2.24, 2.45) is 17.8 Å². The Kier molecular flexibility index (Phi) is 3.84. The normalized spacial score (nSPS) is 26.7. The van der Waals surface area contributed by atoms with E-state index in [1.807, 2.05) is 0 Å². The highest BCUT2D eigenvalue weighted by Gasteiger charge is 2.47. The smallest absolute Gasteiger partial charge is 0.406 e. The van der Waals surface area contributed by atoms with Crippen LogP contribution in [0.3, 0.4) is 0 Å². The molecule has 2 rings (SSSR count). The molecule has 0 radical (unpaired) electrons. The molecule has 1 saturated carbocycles. The summed E-state index contributed by atoms with van der Waals surface area (Å²) >= 11 is 0. The standard InChI is InChI=1S/C12H17F3N2O3/c1-16(6-12(13,14)15)11(20)17-4-8(7-2-3-7)9(5-17)10(18)19/h7-9H,2-6H2,1H3,(H,18,19)/t8-,9+/m0/s1. The maximum Gasteiger partial charge on any atom is 0.406 e. The van der Waals surface area contributed by atoms with Gasteiger partial charge in [0.2, 0.25) is 0 Å². The fourth-order valence-electron chi connectivity index (χ4n) is 2.83. The van der Waals surface area contributed by atoms with Crippen LogP contribution in [0.5, 0.6) is 0 Å². The third kappa shape index (κ3) is 3.34. The molecule has 2 aliphatic rings. The summed E-state index contributed by atoms with van der Waals surface area (Å²) in [4.78, 5) is 24.9. The van der Waals surface area contributed by atoms with E-state index in [1.165, 1.54) is 4.90 Å². The molecule has 0 aromatic rings. The van der Waals surface area contributed by atoms with Gasteiger partial charge in [-0.05, 0) is 24.7 Å². The van der Waals surface area contributed by atoms with Crippen molar-refractivity contribution in [1.29, 1.82) is 0 Å². The van der Waals surface area contributed by atoms with E-state index in [9.17, 15) is 22.8 Å². The molecule has 0 aromatic carbocycles. The van der Waals surface area contributed by atoms with Crippen LogP contribution < -0.4 is 0 Å². The van der Waals surface area contributed by atoms with Gasteiger partial charge in [0.1, 0.15) is 6.54 Å². The summed E-state index contributed by atoms with van der Waals surface area (Å²) in [7, 11) is 1.08. The minimum absolute atomic E-state index is 0.00245. The summed E-state index contributed by atoms with van der Waals surface area (Å²) in [5.74, 6) is -1.47. The number of rotatable bonds is 3. The van der Waals surface area contributed by atoms with Crippen molar-refractivity contribution < 1.29 is 27.9 Å². The molecule has 1 saturated heterocycles. The Morgan fingerprint density at radius 2 is 1.90 bits per heavy atom. The molecule has 114 valence electrons. The minimum Gasteiger partial charge on any atom is -0.481 e. The highest BCUT2D eigenvalue weighted by molar-refractivity contribution is 5.77. The van der Waals surface area contributed by atoms with Crippen LogP contribution in [0.1, 0.15) is 12.8 Å². The average Bonchev–Trinajstić information content (AvgIpc) is 3.04. The Hall–Kier alpha value is -1.47. The molecule has 0 bridgehead atoms. The molecule has 0 unspecified atom stereocenters. The zero-order valence-corrected chi connectivity index (χ0v) is 11.1. The molecule has 8 heteroatoms. The van der Waals surface area contributed by atoms with E-state index < -0.39 is 30.6 Å². The zero-order valence-electron chi connectivity index (χ0n) is 11.1. The first kappa shape index (κ1) is 14.9. The van der Waals surface area contributed by atoms with Crippen LogP contribution in [0.4, 0.5) is 18.0 Å². The van der Waals surface area contributed by atoms with Gasteiger partial charge in [-0.15, -0.1) is 0 Å². The molecule has 5 nitrogen and oxygen atoms in total. The predicted molar refractivity (Wildman–Crippen MR) is 63.0 cm³/mol. The van der Waals surface area contributed by atoms with E-state index in [1.54, 1.807) is 0 Å². The number of amides is 2. The maximum absolute atomic E-state index is 12.3. The quantitative estimate of drug-likeness (QED) is 0.861. The lowest BCUT2D eigenvalue weighted by Crippen LogP contribution is -2.44. The molecule has 1 heterocycles. The van der Waals surface area contributed by atoms with Gasteiger partial charge >= 0.3 is 18.2 Å². The number of carboxylic acids is 1. The Morgan fingerprint density at radius 3 is 2.35 bits per heavy atom. The SMILES string of the molecule is CN(CC(F)(F)F)C(=O)N1C[C@@H](C(=O)O)[C@H](C2CC2)C1. The summed E-state index contributed by atoms with van der Waals surface area (Å²) < 4.78 is 36.8. The number of hydrogen-bond acceptors (Lipinski definition) is 2. The van der Waals surface area contributed by atoms with Crippen molar-refractivity contribution in [2.45, 2.75) is 19.0 Å². The number of nitrogens with zero attached hydrogens (tertiary/aromatic N) is 2. The van der Waals surface area contributed by atoms with Gasteiger partial charge in [0.05, 0.1) is 5.92 Å². The zero-order chi connectivity index (χ0) is 15.1. The molecule has 2 fully saturated rings. The second-order valence-corrected chi connectivity index (χ2v) is 5.60. The van der Waals surface area contributed by atoms with Crippen molar-refractivity contribution in [2.75, 3.05) is 26.7 Å². The maximum atomic E-state index is 12.3. The summed E-state index contributed by atoms with van der Waals surface area (Å²) in [5.41, 5.74) is 0. The predicted octanol–water partition coefficient (Wildman–Crippen LogP) is 1.64. The highest BCUT2D eigenvalue weighted by atomic mass is 19.4. The van der Waals surface area contributed by atoms with Crippen molar-refractivity contribution >= 4 is 12.0 Å². The molecule has 0 aromatic heterocycles. The van der Waals surface area contributed by atoms with E-state index in [4.69, 9.17) is 5.11 Å². The molecule has 2 atom stereocenters. The second kappa shape index (κ2) is 5.14. The largest absolute Gasteiger partial charge is 0.481 e. The van der Waals surface area contributed by atoms with Gasteiger partial charge in [-0.25, -0.2) is 4.79 Å². The van der Waals surface area contributed by atoms with Gasteiger partial charge in [-0.1, -0.05) is 0 Å². The molecular weight excluding hydrogens is 277 g/mol. The second-order valence-electron chi connectivity index (χ2n) is 5.60. The summed E-state index contributed by atoms with van der Waals surface area (Å²) in [6.45, 7) is -1.09. The Labute approximate surface area is 114 Å². The lowest BCUT2D eigenvalue weighted by Gasteiger charge is -2.25. The summed E-state index contributed by atoms with van der Waals surface area (Å²) in [6, 6.07) is -0.753. The lowest BCUT2D eigenvalue weighted by molar-refractivity contribution is -0.143. The van der Waals surface area contributed by atoms with Crippen LogP contribution in [-0.4, -0.2) is 59.8 Å². The van der Waals surface area contributed by atoms with Gasteiger partial charge in [0, 0.05) is 20.1 Å². The first-order valence-corrected chi connectivity index (χ1v) is 6.48. The number of urea groups is 1. The fraction of sp³-hybridized carbons (Fsp3) is 0.833. The van der Waals surface area contributed by atoms with Gasteiger partial charge < -0.3 is 14.9 Å². The average molecular weight is 294 g/mol. The van der Waals surface area contributed by atoms with Crippen LogP contribution in [0.2, 0.25) is 0 Å². The fourth-order valence-corrected chi connectivity index (χ4v) is 2.83. The number of hydrogen-bond donors (Lipinski definition) is 1. The van der Waals surface area contributed by atoms with E-state index in [2.05, 4.69) is 0 Å². The highest BCUT2D eigenvalue weighted by Crippen LogP contribution is 2.44. The number of likely N-dealkylation sites (tertiary alicyclic amines) is 1.